The van der Waals surface area contributed by atoms with Crippen molar-refractivity contribution in [3.8, 4) is 0 Å². The second-order valence-corrected chi connectivity index (χ2v) is 3.76. The van der Waals surface area contributed by atoms with Crippen LogP contribution in [0.5, 0.6) is 0 Å². The molecule has 0 heterocycles. The van der Waals surface area contributed by atoms with E-state index >= 15 is 0 Å². The van der Waals surface area contributed by atoms with Crippen molar-refractivity contribution in [1.82, 2.24) is 0 Å². The van der Waals surface area contributed by atoms with Gasteiger partial charge in [0.1, 0.15) is 5.82 Å². The molecular formula is C9H12FNS. The first-order valence-electron chi connectivity index (χ1n) is 3.85. The van der Waals surface area contributed by atoms with Crippen molar-refractivity contribution in [3.63, 3.8) is 0 Å². The van der Waals surface area contributed by atoms with Crippen LogP contribution in [0.1, 0.15) is 12.5 Å². The lowest BCUT2D eigenvalue weighted by molar-refractivity contribution is 0.618. The molecule has 0 aromatic heterocycles. The van der Waals surface area contributed by atoms with Gasteiger partial charge in [-0.3, -0.25) is 0 Å². The van der Waals surface area contributed by atoms with Gasteiger partial charge in [0.15, 0.2) is 0 Å². The van der Waals surface area contributed by atoms with E-state index in [-0.39, 0.29) is 5.82 Å². The number of halogens is 1. The lowest BCUT2D eigenvalue weighted by atomic mass is 10.2. The highest BCUT2D eigenvalue weighted by molar-refractivity contribution is 7.98. The van der Waals surface area contributed by atoms with Crippen LogP contribution >= 0.6 is 11.8 Å². The molecule has 0 amide bonds. The van der Waals surface area contributed by atoms with Gasteiger partial charge < -0.3 is 5.73 Å². The monoisotopic (exact) mass is 185 g/mol. The Morgan fingerprint density at radius 1 is 1.50 bits per heavy atom. The summed E-state index contributed by atoms with van der Waals surface area (Å²) in [5, 5.41) is 0. The van der Waals surface area contributed by atoms with Gasteiger partial charge in [0.2, 0.25) is 0 Å². The lowest BCUT2D eigenvalue weighted by Gasteiger charge is -2.02. The first-order chi connectivity index (χ1) is 5.74. The number of rotatable bonds is 3. The van der Waals surface area contributed by atoms with E-state index in [9.17, 15) is 4.39 Å². The first kappa shape index (κ1) is 9.39. The van der Waals surface area contributed by atoms with Gasteiger partial charge in [0.25, 0.3) is 0 Å². The van der Waals surface area contributed by atoms with E-state index < -0.39 is 0 Å². The van der Waals surface area contributed by atoms with Gasteiger partial charge in [0, 0.05) is 11.4 Å². The Bertz CT molecular complexity index is 263. The Hall–Kier alpha value is -0.700. The SMILES string of the molecule is CCSCc1ccc(N)cc1F. The van der Waals surface area contributed by atoms with Gasteiger partial charge in [-0.05, 0) is 23.4 Å². The summed E-state index contributed by atoms with van der Waals surface area (Å²) >= 11 is 1.70. The molecule has 0 saturated heterocycles. The summed E-state index contributed by atoms with van der Waals surface area (Å²) in [5.41, 5.74) is 6.63. The van der Waals surface area contributed by atoms with E-state index in [2.05, 4.69) is 6.92 Å². The number of anilines is 1. The normalized spacial score (nSPS) is 10.2. The fourth-order valence-corrected chi connectivity index (χ4v) is 1.55. The van der Waals surface area contributed by atoms with Crippen molar-refractivity contribution in [2.24, 2.45) is 0 Å². The van der Waals surface area contributed by atoms with Gasteiger partial charge in [0.05, 0.1) is 0 Å². The Labute approximate surface area is 76.2 Å². The molecule has 66 valence electrons. The highest BCUT2D eigenvalue weighted by Gasteiger charge is 2.00. The quantitative estimate of drug-likeness (QED) is 0.733. The highest BCUT2D eigenvalue weighted by atomic mass is 32.2. The van der Waals surface area contributed by atoms with E-state index in [0.29, 0.717) is 5.69 Å². The van der Waals surface area contributed by atoms with Gasteiger partial charge in [-0.1, -0.05) is 13.0 Å². The molecule has 0 spiro atoms. The number of thioether (sulfide) groups is 1. The zero-order chi connectivity index (χ0) is 8.97. The third-order valence-corrected chi connectivity index (χ3v) is 2.46. The zero-order valence-electron chi connectivity index (χ0n) is 7.01. The lowest BCUT2D eigenvalue weighted by Crippen LogP contribution is -1.91. The molecular weight excluding hydrogens is 173 g/mol. The maximum absolute atomic E-state index is 13.1. The van der Waals surface area contributed by atoms with Crippen LogP contribution in [0.3, 0.4) is 0 Å². The number of nitrogens with two attached hydrogens (primary N) is 1. The van der Waals surface area contributed by atoms with Crippen molar-refractivity contribution in [1.29, 1.82) is 0 Å². The maximum atomic E-state index is 13.1. The van der Waals surface area contributed by atoms with E-state index in [0.717, 1.165) is 17.1 Å². The molecule has 0 saturated carbocycles. The van der Waals surface area contributed by atoms with Crippen LogP contribution in [0.2, 0.25) is 0 Å². The summed E-state index contributed by atoms with van der Waals surface area (Å²) in [5.74, 6) is 1.53. The van der Waals surface area contributed by atoms with Gasteiger partial charge >= 0.3 is 0 Å². The van der Waals surface area contributed by atoms with Gasteiger partial charge in [-0.2, -0.15) is 11.8 Å². The summed E-state index contributed by atoms with van der Waals surface area (Å²) in [6, 6.07) is 4.84. The first-order valence-corrected chi connectivity index (χ1v) is 5.01. The topological polar surface area (TPSA) is 26.0 Å². The fourth-order valence-electron chi connectivity index (χ4n) is 0.893. The van der Waals surface area contributed by atoms with E-state index in [1.807, 2.05) is 0 Å². The van der Waals surface area contributed by atoms with Crippen LogP contribution in [-0.4, -0.2) is 5.75 Å². The van der Waals surface area contributed by atoms with Crippen molar-refractivity contribution >= 4 is 17.4 Å². The Morgan fingerprint density at radius 3 is 2.83 bits per heavy atom. The maximum Gasteiger partial charge on any atom is 0.129 e. The predicted octanol–water partition coefficient (Wildman–Crippen LogP) is 2.66. The molecule has 0 radical (unpaired) electrons. The molecule has 1 aromatic rings. The number of benzene rings is 1. The number of hydrogen-bond acceptors (Lipinski definition) is 2. The minimum absolute atomic E-state index is 0.198. The van der Waals surface area contributed by atoms with Crippen LogP contribution in [0, 0.1) is 5.82 Å². The second kappa shape index (κ2) is 4.36. The largest absolute Gasteiger partial charge is 0.399 e. The molecule has 2 N–H and O–H groups in total. The molecule has 0 bridgehead atoms. The average Bonchev–Trinajstić information content (AvgIpc) is 2.03. The van der Waals surface area contributed by atoms with Crippen LogP contribution in [0.25, 0.3) is 0 Å². The predicted molar refractivity (Wildman–Crippen MR) is 52.6 cm³/mol. The Kier molecular flexibility index (Phi) is 3.41. The molecule has 3 heteroatoms. The molecule has 1 aromatic carbocycles. The summed E-state index contributed by atoms with van der Waals surface area (Å²) < 4.78 is 13.1. The smallest absolute Gasteiger partial charge is 0.129 e. The standard InChI is InChI=1S/C9H12FNS/c1-2-12-6-7-3-4-8(11)5-9(7)10/h3-5H,2,6,11H2,1H3. The summed E-state index contributed by atoms with van der Waals surface area (Å²) in [6.07, 6.45) is 0. The molecule has 0 fully saturated rings. The molecule has 0 unspecified atom stereocenters. The molecule has 12 heavy (non-hydrogen) atoms. The van der Waals surface area contributed by atoms with Crippen LogP contribution in [0.4, 0.5) is 10.1 Å². The van der Waals surface area contributed by atoms with Crippen molar-refractivity contribution in [2.45, 2.75) is 12.7 Å². The van der Waals surface area contributed by atoms with E-state index in [1.54, 1.807) is 23.9 Å². The van der Waals surface area contributed by atoms with Crippen LogP contribution in [0.15, 0.2) is 18.2 Å². The minimum Gasteiger partial charge on any atom is -0.399 e. The molecule has 0 atom stereocenters. The van der Waals surface area contributed by atoms with Crippen LogP contribution < -0.4 is 5.73 Å². The van der Waals surface area contributed by atoms with Crippen molar-refractivity contribution in [2.75, 3.05) is 11.5 Å². The summed E-state index contributed by atoms with van der Waals surface area (Å²) in [4.78, 5) is 0. The fraction of sp³-hybridized carbons (Fsp3) is 0.333. The second-order valence-electron chi connectivity index (χ2n) is 2.49. The van der Waals surface area contributed by atoms with Crippen molar-refractivity contribution in [3.05, 3.63) is 29.6 Å². The number of hydrogen-bond donors (Lipinski definition) is 1. The Balaban J connectivity index is 2.72. The molecule has 0 aliphatic heterocycles. The van der Waals surface area contributed by atoms with E-state index in [1.165, 1.54) is 6.07 Å². The average molecular weight is 185 g/mol. The molecule has 0 aliphatic carbocycles. The molecule has 0 aliphatic rings. The van der Waals surface area contributed by atoms with Gasteiger partial charge in [-0.25, -0.2) is 4.39 Å². The third-order valence-electron chi connectivity index (χ3n) is 1.54. The van der Waals surface area contributed by atoms with E-state index in [4.69, 9.17) is 5.73 Å². The molecule has 1 rings (SSSR count). The zero-order valence-corrected chi connectivity index (χ0v) is 7.83. The van der Waals surface area contributed by atoms with Crippen molar-refractivity contribution < 1.29 is 4.39 Å². The Morgan fingerprint density at radius 2 is 2.25 bits per heavy atom. The molecule has 1 nitrogen and oxygen atoms in total. The third kappa shape index (κ3) is 2.41. The summed E-state index contributed by atoms with van der Waals surface area (Å²) in [6.45, 7) is 2.06. The minimum atomic E-state index is -0.198. The number of nitrogen functional groups attached to an aromatic ring is 1. The van der Waals surface area contributed by atoms with Gasteiger partial charge in [-0.15, -0.1) is 0 Å². The highest BCUT2D eigenvalue weighted by Crippen LogP contribution is 2.17. The summed E-state index contributed by atoms with van der Waals surface area (Å²) in [7, 11) is 0. The van der Waals surface area contributed by atoms with Crippen LogP contribution in [-0.2, 0) is 5.75 Å².